The van der Waals surface area contributed by atoms with Crippen molar-refractivity contribution < 1.29 is 13.4 Å². The molecule has 3 rings (SSSR count). The maximum atomic E-state index is 12.4. The Bertz CT molecular complexity index is 938. The number of amides is 1. The van der Waals surface area contributed by atoms with E-state index in [-0.39, 0.29) is 17.4 Å². The van der Waals surface area contributed by atoms with Gasteiger partial charge in [0.15, 0.2) is 5.76 Å². The summed E-state index contributed by atoms with van der Waals surface area (Å²) in [5.74, 6) is 0.488. The van der Waals surface area contributed by atoms with Crippen LogP contribution in [0.25, 0.3) is 0 Å². The van der Waals surface area contributed by atoms with Gasteiger partial charge in [0, 0.05) is 21.5 Å². The van der Waals surface area contributed by atoms with Crippen LogP contribution in [0.3, 0.4) is 0 Å². The fraction of sp³-hybridized carbons (Fsp3) is 0.105. The lowest BCUT2D eigenvalue weighted by Gasteiger charge is -2.04. The van der Waals surface area contributed by atoms with Crippen molar-refractivity contribution in [2.24, 2.45) is 0 Å². The molecule has 0 aliphatic carbocycles. The lowest BCUT2D eigenvalue weighted by Crippen LogP contribution is -2.22. The quantitative estimate of drug-likeness (QED) is 0.636. The molecule has 26 heavy (non-hydrogen) atoms. The first-order valence-electron chi connectivity index (χ1n) is 7.76. The van der Waals surface area contributed by atoms with E-state index in [1.807, 2.05) is 12.1 Å². The third-order valence-corrected chi connectivity index (χ3v) is 5.40. The van der Waals surface area contributed by atoms with Crippen molar-refractivity contribution in [1.82, 2.24) is 5.32 Å². The molecule has 4 nitrogen and oxygen atoms in total. The molecule has 0 aliphatic heterocycles. The van der Waals surface area contributed by atoms with Crippen molar-refractivity contribution >= 4 is 39.9 Å². The van der Waals surface area contributed by atoms with Gasteiger partial charge in [-0.3, -0.25) is 9.00 Å². The van der Waals surface area contributed by atoms with E-state index < -0.39 is 10.8 Å². The van der Waals surface area contributed by atoms with E-state index in [1.54, 1.807) is 48.5 Å². The third kappa shape index (κ3) is 4.97. The van der Waals surface area contributed by atoms with Crippen molar-refractivity contribution in [3.63, 3.8) is 0 Å². The molecule has 1 aromatic heterocycles. The zero-order valence-corrected chi connectivity index (χ0v) is 15.9. The molecule has 0 unspecified atom stereocenters. The van der Waals surface area contributed by atoms with Gasteiger partial charge in [0.2, 0.25) is 0 Å². The number of furan rings is 1. The maximum Gasteiger partial charge on any atom is 0.287 e. The number of carbonyl (C=O) groups excluding carboxylic acids is 1. The third-order valence-electron chi connectivity index (χ3n) is 3.58. The van der Waals surface area contributed by atoms with E-state index in [4.69, 9.17) is 27.6 Å². The number of carbonyl (C=O) groups is 1. The molecule has 1 heterocycles. The van der Waals surface area contributed by atoms with Gasteiger partial charge in [0.25, 0.3) is 5.91 Å². The highest BCUT2D eigenvalue weighted by atomic mass is 35.5. The summed E-state index contributed by atoms with van der Waals surface area (Å²) < 4.78 is 17.9. The van der Waals surface area contributed by atoms with Crippen LogP contribution in [0, 0.1) is 0 Å². The predicted molar refractivity (Wildman–Crippen MR) is 103 cm³/mol. The van der Waals surface area contributed by atoms with Crippen LogP contribution in [0.2, 0.25) is 10.0 Å². The minimum absolute atomic E-state index is 0.171. The molecule has 3 aromatic rings. The molecule has 0 aliphatic rings. The van der Waals surface area contributed by atoms with Crippen molar-refractivity contribution in [3.8, 4) is 0 Å². The molecule has 0 bridgehead atoms. The van der Waals surface area contributed by atoms with Gasteiger partial charge in [-0.1, -0.05) is 41.4 Å². The Morgan fingerprint density at radius 2 is 1.77 bits per heavy atom. The van der Waals surface area contributed by atoms with E-state index in [1.165, 1.54) is 0 Å². The highest BCUT2D eigenvalue weighted by Crippen LogP contribution is 2.18. The average molecular weight is 408 g/mol. The zero-order valence-electron chi connectivity index (χ0n) is 13.6. The lowest BCUT2D eigenvalue weighted by atomic mass is 10.2. The molecule has 0 fully saturated rings. The Morgan fingerprint density at radius 1 is 1.00 bits per heavy atom. The summed E-state index contributed by atoms with van der Waals surface area (Å²) in [7, 11) is -1.30. The van der Waals surface area contributed by atoms with Gasteiger partial charge in [-0.2, -0.15) is 0 Å². The second-order valence-electron chi connectivity index (χ2n) is 5.52. The van der Waals surface area contributed by atoms with E-state index >= 15 is 0 Å². The molecule has 134 valence electrons. The topological polar surface area (TPSA) is 59.3 Å². The molecule has 0 radical (unpaired) electrons. The molecule has 1 atom stereocenters. The first-order valence-corrected chi connectivity index (χ1v) is 9.84. The minimum Gasteiger partial charge on any atom is -0.455 e. The molecule has 2 aromatic carbocycles. The van der Waals surface area contributed by atoms with Gasteiger partial charge < -0.3 is 9.73 Å². The minimum atomic E-state index is -1.30. The average Bonchev–Trinajstić information content (AvgIpc) is 3.09. The molecule has 0 saturated heterocycles. The van der Waals surface area contributed by atoms with Crippen LogP contribution in [0.5, 0.6) is 0 Å². The molecular weight excluding hydrogens is 393 g/mol. The van der Waals surface area contributed by atoms with Crippen LogP contribution in [0.1, 0.15) is 21.9 Å². The summed E-state index contributed by atoms with van der Waals surface area (Å²) in [5, 5.41) is 3.94. The number of hydrogen-bond acceptors (Lipinski definition) is 3. The van der Waals surface area contributed by atoms with Crippen LogP contribution < -0.4 is 5.32 Å². The van der Waals surface area contributed by atoms with E-state index in [9.17, 15) is 9.00 Å². The smallest absolute Gasteiger partial charge is 0.287 e. The normalized spacial score (nSPS) is 11.9. The Kier molecular flexibility index (Phi) is 6.14. The molecule has 7 heteroatoms. The van der Waals surface area contributed by atoms with Crippen LogP contribution >= 0.6 is 23.2 Å². The number of hydrogen-bond donors (Lipinski definition) is 1. The number of halogens is 2. The summed E-state index contributed by atoms with van der Waals surface area (Å²) >= 11 is 11.7. The summed E-state index contributed by atoms with van der Waals surface area (Å²) in [6.07, 6.45) is 0. The zero-order chi connectivity index (χ0) is 18.5. The predicted octanol–water partition coefficient (Wildman–Crippen LogP) is 4.82. The Labute approximate surface area is 163 Å². The van der Waals surface area contributed by atoms with E-state index in [2.05, 4.69) is 5.32 Å². The number of rotatable bonds is 6. The van der Waals surface area contributed by atoms with Crippen molar-refractivity contribution in [1.29, 1.82) is 0 Å². The summed E-state index contributed by atoms with van der Waals surface area (Å²) in [6, 6.07) is 17.3. The van der Waals surface area contributed by atoms with Crippen LogP contribution in [0.15, 0.2) is 70.0 Å². The first kappa shape index (κ1) is 18.7. The van der Waals surface area contributed by atoms with Gasteiger partial charge in [0.1, 0.15) is 5.76 Å². The highest BCUT2D eigenvalue weighted by Gasteiger charge is 2.14. The fourth-order valence-electron chi connectivity index (χ4n) is 2.27. The van der Waals surface area contributed by atoms with Crippen LogP contribution in [-0.2, 0) is 23.1 Å². The largest absolute Gasteiger partial charge is 0.455 e. The fourth-order valence-corrected chi connectivity index (χ4v) is 3.72. The second-order valence-corrected chi connectivity index (χ2v) is 7.85. The maximum absolute atomic E-state index is 12.4. The Hall–Kier alpha value is -2.08. The van der Waals surface area contributed by atoms with Crippen LogP contribution in [-0.4, -0.2) is 10.1 Å². The molecule has 0 spiro atoms. The van der Waals surface area contributed by atoms with Gasteiger partial charge in [-0.25, -0.2) is 0 Å². The standard InChI is InChI=1S/C19H15Cl2NO3S/c20-14-6-4-13(5-7-14)11-22-19(23)18-9-8-16(25-18)12-26(24)17-3-1-2-15(21)10-17/h1-10H,11-12H2,(H,22,23)/t26-/m1/s1. The van der Waals surface area contributed by atoms with Crippen molar-refractivity contribution in [2.75, 3.05) is 0 Å². The molecule has 1 amide bonds. The Balaban J connectivity index is 1.59. The SMILES string of the molecule is O=C(NCc1ccc(Cl)cc1)c1ccc(C[S@@](=O)c2cccc(Cl)c2)o1. The van der Waals surface area contributed by atoms with E-state index in [0.717, 1.165) is 5.56 Å². The summed E-state index contributed by atoms with van der Waals surface area (Å²) in [4.78, 5) is 12.8. The number of benzene rings is 2. The van der Waals surface area contributed by atoms with E-state index in [0.29, 0.717) is 27.2 Å². The first-order chi connectivity index (χ1) is 12.5. The van der Waals surface area contributed by atoms with Gasteiger partial charge in [-0.15, -0.1) is 0 Å². The van der Waals surface area contributed by atoms with Crippen molar-refractivity contribution in [3.05, 3.63) is 87.8 Å². The molecule has 1 N–H and O–H groups in total. The molecule has 0 saturated carbocycles. The lowest BCUT2D eigenvalue weighted by molar-refractivity contribution is 0.0921. The second kappa shape index (κ2) is 8.54. The summed E-state index contributed by atoms with van der Waals surface area (Å²) in [6.45, 7) is 0.362. The highest BCUT2D eigenvalue weighted by molar-refractivity contribution is 7.84. The van der Waals surface area contributed by atoms with Crippen LogP contribution in [0.4, 0.5) is 0 Å². The van der Waals surface area contributed by atoms with Gasteiger partial charge >= 0.3 is 0 Å². The van der Waals surface area contributed by atoms with Gasteiger partial charge in [-0.05, 0) is 48.0 Å². The number of nitrogens with one attached hydrogen (secondary N) is 1. The Morgan fingerprint density at radius 3 is 2.50 bits per heavy atom. The van der Waals surface area contributed by atoms with Gasteiger partial charge in [0.05, 0.1) is 16.6 Å². The molecular formula is C19H15Cl2NO3S. The van der Waals surface area contributed by atoms with Crippen molar-refractivity contribution in [2.45, 2.75) is 17.2 Å². The monoisotopic (exact) mass is 407 g/mol. The summed E-state index contributed by atoms with van der Waals surface area (Å²) in [5.41, 5.74) is 0.927.